The van der Waals surface area contributed by atoms with E-state index in [-0.39, 0.29) is 0 Å². The fraction of sp³-hybridized carbons (Fsp3) is 0.769. The highest BCUT2D eigenvalue weighted by Gasteiger charge is 2.22. The predicted molar refractivity (Wildman–Crippen MR) is 72.2 cm³/mol. The topological polar surface area (TPSA) is 48.3 Å². The molecule has 0 aromatic carbocycles. The maximum atomic E-state index is 5.39. The van der Waals surface area contributed by atoms with E-state index in [1.165, 1.54) is 0 Å². The van der Waals surface area contributed by atoms with Gasteiger partial charge in [-0.1, -0.05) is 6.92 Å². The van der Waals surface area contributed by atoms with Gasteiger partial charge in [0.1, 0.15) is 0 Å². The molecule has 0 saturated carbocycles. The fourth-order valence-corrected chi connectivity index (χ4v) is 2.05. The van der Waals surface area contributed by atoms with Crippen LogP contribution in [0.15, 0.2) is 6.20 Å². The number of rotatable bonds is 8. The second-order valence-corrected chi connectivity index (χ2v) is 4.44. The van der Waals surface area contributed by atoms with Crippen LogP contribution in [-0.2, 0) is 11.3 Å². The Morgan fingerprint density at radius 3 is 2.67 bits per heavy atom. The lowest BCUT2D eigenvalue weighted by molar-refractivity contribution is 0.194. The molecule has 0 saturated heterocycles. The Kier molecular flexibility index (Phi) is 6.15. The first kappa shape index (κ1) is 15.0. The Labute approximate surface area is 109 Å². The van der Waals surface area contributed by atoms with Crippen molar-refractivity contribution in [3.05, 3.63) is 11.9 Å². The Bertz CT molecular complexity index is 331. The molecule has 0 aliphatic heterocycles. The quantitative estimate of drug-likeness (QED) is 0.717. The van der Waals surface area contributed by atoms with Gasteiger partial charge in [0.15, 0.2) is 5.75 Å². The van der Waals surface area contributed by atoms with Gasteiger partial charge in [0, 0.05) is 32.2 Å². The number of aryl methyl sites for hydroxylation is 1. The number of nitrogens with one attached hydrogen (secondary N) is 1. The minimum atomic E-state index is 0.333. The number of ether oxygens (including phenoxy) is 2. The van der Waals surface area contributed by atoms with Crippen molar-refractivity contribution in [2.45, 2.75) is 39.3 Å². The van der Waals surface area contributed by atoms with Gasteiger partial charge in [0.2, 0.25) is 0 Å². The molecule has 1 rings (SSSR count). The van der Waals surface area contributed by atoms with Crippen LogP contribution in [0.1, 0.15) is 32.4 Å². The SMILES string of the molecule is CCn1ncc(OC)c1C(C)C(C)NCCOC. The minimum absolute atomic E-state index is 0.333. The summed E-state index contributed by atoms with van der Waals surface area (Å²) in [7, 11) is 3.40. The summed E-state index contributed by atoms with van der Waals surface area (Å²) in [6, 6.07) is 0.344. The first-order valence-electron chi connectivity index (χ1n) is 6.47. The van der Waals surface area contributed by atoms with Gasteiger partial charge in [-0.25, -0.2) is 0 Å². The third-order valence-corrected chi connectivity index (χ3v) is 3.32. The average Bonchev–Trinajstić information content (AvgIpc) is 2.80. The average molecular weight is 255 g/mol. The molecule has 2 atom stereocenters. The van der Waals surface area contributed by atoms with Gasteiger partial charge in [-0.3, -0.25) is 4.68 Å². The van der Waals surface area contributed by atoms with Crippen molar-refractivity contribution in [1.29, 1.82) is 0 Å². The van der Waals surface area contributed by atoms with Crippen LogP contribution in [0.3, 0.4) is 0 Å². The highest BCUT2D eigenvalue weighted by atomic mass is 16.5. The second-order valence-electron chi connectivity index (χ2n) is 4.44. The molecule has 0 fully saturated rings. The third kappa shape index (κ3) is 3.46. The van der Waals surface area contributed by atoms with Crippen LogP contribution >= 0.6 is 0 Å². The van der Waals surface area contributed by atoms with Crippen LogP contribution in [0.25, 0.3) is 0 Å². The van der Waals surface area contributed by atoms with Gasteiger partial charge >= 0.3 is 0 Å². The minimum Gasteiger partial charge on any atom is -0.493 e. The summed E-state index contributed by atoms with van der Waals surface area (Å²) < 4.78 is 12.4. The van der Waals surface area contributed by atoms with E-state index in [2.05, 4.69) is 31.2 Å². The van der Waals surface area contributed by atoms with Crippen molar-refractivity contribution in [2.75, 3.05) is 27.4 Å². The van der Waals surface area contributed by atoms with E-state index in [0.717, 1.165) is 31.1 Å². The van der Waals surface area contributed by atoms with Crippen LogP contribution < -0.4 is 10.1 Å². The Balaban J connectivity index is 2.75. The maximum Gasteiger partial charge on any atom is 0.160 e. The van der Waals surface area contributed by atoms with Crippen LogP contribution in [0.2, 0.25) is 0 Å². The summed E-state index contributed by atoms with van der Waals surface area (Å²) in [5.74, 6) is 1.20. The molecular weight excluding hydrogens is 230 g/mol. The lowest BCUT2D eigenvalue weighted by atomic mass is 9.99. The largest absolute Gasteiger partial charge is 0.493 e. The molecule has 104 valence electrons. The molecule has 1 aromatic rings. The number of hydrogen-bond acceptors (Lipinski definition) is 4. The van der Waals surface area contributed by atoms with Gasteiger partial charge in [-0.15, -0.1) is 0 Å². The molecule has 0 aliphatic carbocycles. The molecule has 1 aromatic heterocycles. The highest BCUT2D eigenvalue weighted by molar-refractivity contribution is 5.29. The molecule has 0 aliphatic rings. The van der Waals surface area contributed by atoms with Crippen molar-refractivity contribution in [3.63, 3.8) is 0 Å². The predicted octanol–water partition coefficient (Wildman–Crippen LogP) is 1.64. The number of aromatic nitrogens is 2. The molecule has 1 heterocycles. The number of methoxy groups -OCH3 is 2. The van der Waals surface area contributed by atoms with E-state index in [1.54, 1.807) is 20.4 Å². The van der Waals surface area contributed by atoms with Crippen molar-refractivity contribution >= 4 is 0 Å². The second kappa shape index (κ2) is 7.38. The Hall–Kier alpha value is -1.07. The normalized spacial score (nSPS) is 14.5. The molecular formula is C13H25N3O2. The van der Waals surface area contributed by atoms with Crippen molar-refractivity contribution < 1.29 is 9.47 Å². The van der Waals surface area contributed by atoms with Crippen LogP contribution in [0.4, 0.5) is 0 Å². The van der Waals surface area contributed by atoms with E-state index in [0.29, 0.717) is 12.0 Å². The standard InChI is InChI=1S/C13H25N3O2/c1-6-16-13(12(18-5)9-15-16)10(2)11(3)14-7-8-17-4/h9-11,14H,6-8H2,1-5H3. The van der Waals surface area contributed by atoms with Gasteiger partial charge < -0.3 is 14.8 Å². The number of hydrogen-bond donors (Lipinski definition) is 1. The summed E-state index contributed by atoms with van der Waals surface area (Å²) in [5, 5.41) is 7.80. The first-order chi connectivity index (χ1) is 8.65. The smallest absolute Gasteiger partial charge is 0.160 e. The van der Waals surface area contributed by atoms with Crippen molar-refractivity contribution in [3.8, 4) is 5.75 Å². The molecule has 0 bridgehead atoms. The summed E-state index contributed by atoms with van der Waals surface area (Å²) >= 11 is 0. The summed E-state index contributed by atoms with van der Waals surface area (Å²) in [6.45, 7) is 8.88. The van der Waals surface area contributed by atoms with E-state index >= 15 is 0 Å². The molecule has 0 radical (unpaired) electrons. The zero-order valence-electron chi connectivity index (χ0n) is 12.1. The van der Waals surface area contributed by atoms with Crippen LogP contribution in [-0.4, -0.2) is 43.2 Å². The first-order valence-corrected chi connectivity index (χ1v) is 6.47. The fourth-order valence-electron chi connectivity index (χ4n) is 2.05. The highest BCUT2D eigenvalue weighted by Crippen LogP contribution is 2.28. The molecule has 2 unspecified atom stereocenters. The maximum absolute atomic E-state index is 5.39. The lowest BCUT2D eigenvalue weighted by Gasteiger charge is -2.23. The van der Waals surface area contributed by atoms with E-state index < -0.39 is 0 Å². The van der Waals surface area contributed by atoms with Gasteiger partial charge in [0.05, 0.1) is 25.6 Å². The van der Waals surface area contributed by atoms with Gasteiger partial charge in [-0.05, 0) is 13.8 Å². The lowest BCUT2D eigenvalue weighted by Crippen LogP contribution is -2.34. The third-order valence-electron chi connectivity index (χ3n) is 3.32. The molecule has 0 amide bonds. The zero-order valence-corrected chi connectivity index (χ0v) is 12.1. The van der Waals surface area contributed by atoms with Gasteiger partial charge in [0.25, 0.3) is 0 Å². The monoisotopic (exact) mass is 255 g/mol. The van der Waals surface area contributed by atoms with Crippen LogP contribution in [0, 0.1) is 0 Å². The summed E-state index contributed by atoms with van der Waals surface area (Å²) in [6.07, 6.45) is 1.79. The van der Waals surface area contributed by atoms with E-state index in [9.17, 15) is 0 Å². The number of nitrogens with zero attached hydrogens (tertiary/aromatic N) is 2. The molecule has 1 N–H and O–H groups in total. The Morgan fingerprint density at radius 2 is 2.11 bits per heavy atom. The van der Waals surface area contributed by atoms with E-state index in [1.807, 2.05) is 4.68 Å². The van der Waals surface area contributed by atoms with Gasteiger partial charge in [-0.2, -0.15) is 5.10 Å². The Morgan fingerprint density at radius 1 is 1.39 bits per heavy atom. The van der Waals surface area contributed by atoms with Crippen molar-refractivity contribution in [1.82, 2.24) is 15.1 Å². The summed E-state index contributed by atoms with van der Waals surface area (Å²) in [5.41, 5.74) is 1.15. The van der Waals surface area contributed by atoms with E-state index in [4.69, 9.17) is 9.47 Å². The zero-order chi connectivity index (χ0) is 13.5. The molecule has 18 heavy (non-hydrogen) atoms. The summed E-state index contributed by atoms with van der Waals surface area (Å²) in [4.78, 5) is 0. The van der Waals surface area contributed by atoms with Crippen molar-refractivity contribution in [2.24, 2.45) is 0 Å². The molecule has 0 spiro atoms. The molecule has 5 nitrogen and oxygen atoms in total. The van der Waals surface area contributed by atoms with Crippen LogP contribution in [0.5, 0.6) is 5.75 Å². The molecule has 5 heteroatoms.